The van der Waals surface area contributed by atoms with Crippen molar-refractivity contribution in [2.24, 2.45) is 0 Å². The van der Waals surface area contributed by atoms with Gasteiger partial charge in [-0.1, -0.05) is 13.3 Å². The van der Waals surface area contributed by atoms with Gasteiger partial charge in [-0.2, -0.15) is 5.26 Å². The van der Waals surface area contributed by atoms with Gasteiger partial charge < -0.3 is 10.6 Å². The summed E-state index contributed by atoms with van der Waals surface area (Å²) in [5.74, 6) is 0.230. The van der Waals surface area contributed by atoms with Crippen LogP contribution in [0.5, 0.6) is 0 Å². The van der Waals surface area contributed by atoms with E-state index in [-0.39, 0.29) is 5.91 Å². The lowest BCUT2D eigenvalue weighted by molar-refractivity contribution is 0.0952. The molecule has 2 aromatic rings. The number of nitrogens with zero attached hydrogens (tertiary/aromatic N) is 3. The molecule has 6 nitrogen and oxygen atoms in total. The highest BCUT2D eigenvalue weighted by Crippen LogP contribution is 2.13. The first-order chi connectivity index (χ1) is 10.7. The van der Waals surface area contributed by atoms with E-state index < -0.39 is 0 Å². The lowest BCUT2D eigenvalue weighted by Crippen LogP contribution is -2.24. The Bertz CT molecular complexity index is 658. The van der Waals surface area contributed by atoms with Crippen LogP contribution in [0.25, 0.3) is 0 Å². The van der Waals surface area contributed by atoms with Crippen molar-refractivity contribution in [3.63, 3.8) is 0 Å². The molecule has 22 heavy (non-hydrogen) atoms. The van der Waals surface area contributed by atoms with E-state index in [2.05, 4.69) is 33.6 Å². The maximum absolute atomic E-state index is 11.8. The molecule has 0 atom stereocenters. The van der Waals surface area contributed by atoms with E-state index in [0.29, 0.717) is 23.6 Å². The number of benzene rings is 1. The van der Waals surface area contributed by atoms with Gasteiger partial charge in [0.05, 0.1) is 17.2 Å². The molecule has 0 unspecified atom stereocenters. The molecule has 112 valence electrons. The van der Waals surface area contributed by atoms with Gasteiger partial charge in [0.15, 0.2) is 0 Å². The molecule has 0 spiro atoms. The Hall–Kier alpha value is -2.94. The third kappa shape index (κ3) is 4.28. The maximum Gasteiger partial charge on any atom is 0.254 e. The second kappa shape index (κ2) is 7.74. The number of unbranched alkanes of at least 4 members (excludes halogenated alkanes) is 1. The Labute approximate surface area is 129 Å². The maximum atomic E-state index is 11.8. The molecule has 1 amide bonds. The average molecular weight is 295 g/mol. The lowest BCUT2D eigenvalue weighted by atomic mass is 10.2. The first-order valence-electron chi connectivity index (χ1n) is 7.10. The summed E-state index contributed by atoms with van der Waals surface area (Å²) < 4.78 is 0. The summed E-state index contributed by atoms with van der Waals surface area (Å²) in [4.78, 5) is 20.1. The quantitative estimate of drug-likeness (QED) is 0.799. The van der Waals surface area contributed by atoms with Crippen molar-refractivity contribution in [3.05, 3.63) is 47.8 Å². The van der Waals surface area contributed by atoms with Crippen molar-refractivity contribution < 1.29 is 4.79 Å². The number of aromatic nitrogens is 2. The Morgan fingerprint density at radius 1 is 1.23 bits per heavy atom. The van der Waals surface area contributed by atoms with E-state index in [0.717, 1.165) is 18.5 Å². The highest BCUT2D eigenvalue weighted by atomic mass is 16.1. The molecule has 1 heterocycles. The molecule has 0 bridgehead atoms. The molecule has 6 heteroatoms. The van der Waals surface area contributed by atoms with Crippen LogP contribution in [0.4, 0.5) is 11.6 Å². The van der Waals surface area contributed by atoms with Crippen LogP contribution in [0.2, 0.25) is 0 Å². The smallest absolute Gasteiger partial charge is 0.254 e. The van der Waals surface area contributed by atoms with Gasteiger partial charge in [-0.15, -0.1) is 0 Å². The number of nitriles is 1. The number of nitrogens with one attached hydrogen (secondary N) is 2. The van der Waals surface area contributed by atoms with Gasteiger partial charge in [-0.3, -0.25) is 4.79 Å². The van der Waals surface area contributed by atoms with Crippen LogP contribution in [0.3, 0.4) is 0 Å². The summed E-state index contributed by atoms with van der Waals surface area (Å²) in [7, 11) is 0. The molecule has 2 N–H and O–H groups in total. The van der Waals surface area contributed by atoms with Gasteiger partial charge in [0.25, 0.3) is 5.91 Å². The molecule has 1 aromatic heterocycles. The molecular formula is C16H17N5O. The molecule has 0 aliphatic rings. The molecular weight excluding hydrogens is 278 g/mol. The van der Waals surface area contributed by atoms with Crippen LogP contribution < -0.4 is 10.6 Å². The van der Waals surface area contributed by atoms with Gasteiger partial charge >= 0.3 is 0 Å². The summed E-state index contributed by atoms with van der Waals surface area (Å²) >= 11 is 0. The number of hydrogen-bond acceptors (Lipinski definition) is 5. The van der Waals surface area contributed by atoms with Gasteiger partial charge in [0, 0.05) is 24.6 Å². The zero-order chi connectivity index (χ0) is 15.8. The van der Waals surface area contributed by atoms with E-state index in [1.54, 1.807) is 24.3 Å². The Morgan fingerprint density at radius 3 is 2.50 bits per heavy atom. The summed E-state index contributed by atoms with van der Waals surface area (Å²) in [5, 5.41) is 14.6. The van der Waals surface area contributed by atoms with Crippen molar-refractivity contribution >= 4 is 17.5 Å². The first-order valence-corrected chi connectivity index (χ1v) is 7.10. The summed E-state index contributed by atoms with van der Waals surface area (Å²) in [6.07, 6.45) is 4.95. The van der Waals surface area contributed by atoms with Crippen molar-refractivity contribution in [2.75, 3.05) is 11.9 Å². The Morgan fingerprint density at radius 2 is 1.91 bits per heavy atom. The number of rotatable bonds is 6. The van der Waals surface area contributed by atoms with Crippen LogP contribution in [0.15, 0.2) is 36.7 Å². The molecule has 1 aromatic carbocycles. The monoisotopic (exact) mass is 295 g/mol. The van der Waals surface area contributed by atoms with Crippen LogP contribution in [-0.2, 0) is 0 Å². The van der Waals surface area contributed by atoms with Crippen LogP contribution in [-0.4, -0.2) is 22.4 Å². The molecule has 0 saturated heterocycles. The third-order valence-electron chi connectivity index (χ3n) is 3.00. The zero-order valence-corrected chi connectivity index (χ0v) is 12.3. The Kier molecular flexibility index (Phi) is 5.44. The topological polar surface area (TPSA) is 90.7 Å². The molecule has 0 radical (unpaired) electrons. The molecule has 0 saturated carbocycles. The number of carbonyl (C=O) groups excluding carboxylic acids is 1. The fourth-order valence-corrected chi connectivity index (χ4v) is 1.75. The normalized spacial score (nSPS) is 9.82. The molecule has 0 aliphatic heterocycles. The highest BCUT2D eigenvalue weighted by Gasteiger charge is 2.06. The van der Waals surface area contributed by atoms with E-state index in [9.17, 15) is 4.79 Å². The molecule has 0 fully saturated rings. The fraction of sp³-hybridized carbons (Fsp3) is 0.250. The minimum atomic E-state index is -0.168. The highest BCUT2D eigenvalue weighted by molar-refractivity contribution is 5.93. The Balaban J connectivity index is 1.96. The van der Waals surface area contributed by atoms with Crippen LogP contribution >= 0.6 is 0 Å². The van der Waals surface area contributed by atoms with Crippen molar-refractivity contribution in [2.45, 2.75) is 19.8 Å². The van der Waals surface area contributed by atoms with Crippen molar-refractivity contribution in [1.29, 1.82) is 5.26 Å². The summed E-state index contributed by atoms with van der Waals surface area (Å²) in [5.41, 5.74) is 1.80. The van der Waals surface area contributed by atoms with Gasteiger partial charge in [0.1, 0.15) is 0 Å². The summed E-state index contributed by atoms with van der Waals surface area (Å²) in [6, 6.07) is 9.01. The van der Waals surface area contributed by atoms with E-state index in [1.807, 2.05) is 0 Å². The largest absolute Gasteiger partial charge is 0.352 e. The van der Waals surface area contributed by atoms with Crippen molar-refractivity contribution in [1.82, 2.24) is 15.3 Å². The van der Waals surface area contributed by atoms with Gasteiger partial charge in [-0.05, 0) is 30.7 Å². The lowest BCUT2D eigenvalue weighted by Gasteiger charge is -2.06. The average Bonchev–Trinajstić information content (AvgIpc) is 2.56. The number of amides is 1. The fourth-order valence-electron chi connectivity index (χ4n) is 1.75. The minimum Gasteiger partial charge on any atom is -0.352 e. The number of hydrogen-bond donors (Lipinski definition) is 2. The SMILES string of the molecule is CCCCNC(=O)c1cnc(Nc2ccc(C#N)cc2)nc1. The first kappa shape index (κ1) is 15.4. The predicted molar refractivity (Wildman–Crippen MR) is 83.7 cm³/mol. The third-order valence-corrected chi connectivity index (χ3v) is 3.00. The van der Waals surface area contributed by atoms with Crippen LogP contribution in [0, 0.1) is 11.3 Å². The second-order valence-electron chi connectivity index (χ2n) is 4.72. The standard InChI is InChI=1S/C16H17N5O/c1-2-3-8-18-15(22)13-10-19-16(20-11-13)21-14-6-4-12(9-17)5-7-14/h4-7,10-11H,2-3,8H2,1H3,(H,18,22)(H,19,20,21). The van der Waals surface area contributed by atoms with Gasteiger partial charge in [0.2, 0.25) is 5.95 Å². The second-order valence-corrected chi connectivity index (χ2v) is 4.72. The van der Waals surface area contributed by atoms with E-state index in [4.69, 9.17) is 5.26 Å². The van der Waals surface area contributed by atoms with Crippen molar-refractivity contribution in [3.8, 4) is 6.07 Å². The van der Waals surface area contributed by atoms with E-state index >= 15 is 0 Å². The predicted octanol–water partition coefficient (Wildman–Crippen LogP) is 2.62. The summed E-state index contributed by atoms with van der Waals surface area (Å²) in [6.45, 7) is 2.72. The van der Waals surface area contributed by atoms with E-state index in [1.165, 1.54) is 12.4 Å². The number of carbonyl (C=O) groups is 1. The molecule has 2 rings (SSSR count). The minimum absolute atomic E-state index is 0.168. The number of anilines is 2. The zero-order valence-electron chi connectivity index (χ0n) is 12.3. The van der Waals surface area contributed by atoms with Gasteiger partial charge in [-0.25, -0.2) is 9.97 Å². The van der Waals surface area contributed by atoms with Crippen LogP contribution in [0.1, 0.15) is 35.7 Å². The molecule has 0 aliphatic carbocycles.